The maximum Gasteiger partial charge on any atom is 0.307 e. The van der Waals surface area contributed by atoms with Gasteiger partial charge in [0.05, 0.1) is 11.1 Å². The van der Waals surface area contributed by atoms with E-state index in [2.05, 4.69) is 15.3 Å². The molecule has 0 spiro atoms. The van der Waals surface area contributed by atoms with E-state index in [0.717, 1.165) is 16.9 Å². The lowest BCUT2D eigenvalue weighted by Crippen LogP contribution is -2.06. The van der Waals surface area contributed by atoms with Crippen molar-refractivity contribution >= 4 is 28.8 Å². The number of nitrogens with two attached hydrogens (primary N) is 1. The third-order valence-corrected chi connectivity index (χ3v) is 4.50. The molecule has 0 fully saturated rings. The minimum Gasteiger partial charge on any atom is -0.471 e. The second kappa shape index (κ2) is 10.0. The van der Waals surface area contributed by atoms with E-state index < -0.39 is 4.92 Å². The monoisotopic (exact) mass is 410 g/mol. The smallest absolute Gasteiger partial charge is 0.307 e. The summed E-state index contributed by atoms with van der Waals surface area (Å²) in [5, 5.41) is 22.9. The van der Waals surface area contributed by atoms with Gasteiger partial charge in [-0.25, -0.2) is 4.68 Å². The molecule has 1 heterocycles. The molecule has 0 aliphatic carbocycles. The molecular formula is C19H18N6O3S. The van der Waals surface area contributed by atoms with E-state index in [4.69, 9.17) is 10.5 Å². The number of benzene rings is 2. The van der Waals surface area contributed by atoms with Gasteiger partial charge in [-0.2, -0.15) is 10.2 Å². The first kappa shape index (κ1) is 20.1. The lowest BCUT2D eigenvalue weighted by Gasteiger charge is -2.06. The summed E-state index contributed by atoms with van der Waals surface area (Å²) in [5.74, 6) is 1.29. The first-order valence-electron chi connectivity index (χ1n) is 8.53. The normalized spacial score (nSPS) is 11.7. The maximum absolute atomic E-state index is 10.7. The van der Waals surface area contributed by atoms with Crippen LogP contribution in [0.3, 0.4) is 0 Å². The fourth-order valence-electron chi connectivity index (χ4n) is 2.26. The van der Waals surface area contributed by atoms with Crippen LogP contribution < -0.4 is 10.5 Å². The van der Waals surface area contributed by atoms with Crippen LogP contribution in [0.4, 0.5) is 5.69 Å². The Labute approximate surface area is 171 Å². The molecule has 29 heavy (non-hydrogen) atoms. The molecule has 0 bridgehead atoms. The number of thioether (sulfide) groups is 1. The Bertz CT molecular complexity index is 1020. The number of hydrogen-bond acceptors (Lipinski definition) is 7. The van der Waals surface area contributed by atoms with Gasteiger partial charge in [0.15, 0.2) is 11.9 Å². The molecule has 0 saturated carbocycles. The van der Waals surface area contributed by atoms with Gasteiger partial charge in [-0.05, 0) is 23.3 Å². The standard InChI is InChI=1S/C19H18N6O3S/c20-19(29-13-15-5-2-1-3-6-15)23-21-10-16-7-4-8-18(9-16)28-14-24-12-17(11-22-24)25(26)27/h1-12H,13-14H2,(H2,20,23). The second-order valence-corrected chi connectivity index (χ2v) is 6.79. The summed E-state index contributed by atoms with van der Waals surface area (Å²) in [4.78, 5) is 10.2. The lowest BCUT2D eigenvalue weighted by molar-refractivity contribution is -0.385. The topological polar surface area (TPSA) is 121 Å². The van der Waals surface area contributed by atoms with Gasteiger partial charge in [-0.3, -0.25) is 10.1 Å². The zero-order valence-electron chi connectivity index (χ0n) is 15.3. The van der Waals surface area contributed by atoms with E-state index in [-0.39, 0.29) is 12.4 Å². The molecule has 148 valence electrons. The molecule has 3 rings (SSSR count). The Morgan fingerprint density at radius 3 is 2.86 bits per heavy atom. The molecule has 10 heteroatoms. The Morgan fingerprint density at radius 1 is 1.28 bits per heavy atom. The van der Waals surface area contributed by atoms with Gasteiger partial charge in [0.2, 0.25) is 0 Å². The first-order chi connectivity index (χ1) is 14.1. The van der Waals surface area contributed by atoms with E-state index >= 15 is 0 Å². The zero-order chi connectivity index (χ0) is 20.5. The number of rotatable bonds is 8. The van der Waals surface area contributed by atoms with Crippen LogP contribution in [0.2, 0.25) is 0 Å². The predicted molar refractivity (Wildman–Crippen MR) is 113 cm³/mol. The van der Waals surface area contributed by atoms with Crippen LogP contribution in [-0.4, -0.2) is 26.1 Å². The van der Waals surface area contributed by atoms with Gasteiger partial charge in [0.1, 0.15) is 18.1 Å². The molecule has 0 atom stereocenters. The molecule has 0 aliphatic heterocycles. The Hall–Kier alpha value is -3.66. The van der Waals surface area contributed by atoms with E-state index in [9.17, 15) is 10.1 Å². The fourth-order valence-corrected chi connectivity index (χ4v) is 2.87. The van der Waals surface area contributed by atoms with Crippen molar-refractivity contribution in [2.45, 2.75) is 12.5 Å². The molecule has 1 aromatic heterocycles. The number of nitro groups is 1. The van der Waals surface area contributed by atoms with Crippen LogP contribution in [0.25, 0.3) is 0 Å². The van der Waals surface area contributed by atoms with E-state index in [1.165, 1.54) is 28.8 Å². The zero-order valence-corrected chi connectivity index (χ0v) is 16.1. The van der Waals surface area contributed by atoms with Gasteiger partial charge in [-0.1, -0.05) is 54.2 Å². The molecule has 2 aromatic carbocycles. The number of ether oxygens (including phenoxy) is 1. The van der Waals surface area contributed by atoms with Gasteiger partial charge in [0.25, 0.3) is 0 Å². The largest absolute Gasteiger partial charge is 0.471 e. The summed E-state index contributed by atoms with van der Waals surface area (Å²) >= 11 is 1.41. The Balaban J connectivity index is 1.52. The van der Waals surface area contributed by atoms with Crippen LogP contribution in [0.5, 0.6) is 5.75 Å². The number of hydrogen-bond donors (Lipinski definition) is 1. The highest BCUT2D eigenvalue weighted by Crippen LogP contribution is 2.14. The molecule has 0 amide bonds. The summed E-state index contributed by atoms with van der Waals surface area (Å²) in [6, 6.07) is 17.2. The van der Waals surface area contributed by atoms with Gasteiger partial charge in [0, 0.05) is 5.75 Å². The Kier molecular flexibility index (Phi) is 6.95. The van der Waals surface area contributed by atoms with Crippen LogP contribution in [0.1, 0.15) is 11.1 Å². The number of aromatic nitrogens is 2. The SMILES string of the molecule is NC(=NN=Cc1cccc(OCn2cc([N+](=O)[O-])cn2)c1)SCc1ccccc1. The fraction of sp³-hybridized carbons (Fsp3) is 0.105. The third kappa shape index (κ3) is 6.47. The summed E-state index contributed by atoms with van der Waals surface area (Å²) in [7, 11) is 0. The van der Waals surface area contributed by atoms with Crippen molar-refractivity contribution in [2.24, 2.45) is 15.9 Å². The molecule has 0 saturated heterocycles. The Morgan fingerprint density at radius 2 is 2.10 bits per heavy atom. The highest BCUT2D eigenvalue weighted by atomic mass is 32.2. The number of nitrogens with zero attached hydrogens (tertiary/aromatic N) is 5. The summed E-state index contributed by atoms with van der Waals surface area (Å²) in [5.41, 5.74) is 7.72. The molecule has 2 N–H and O–H groups in total. The van der Waals surface area contributed by atoms with E-state index in [0.29, 0.717) is 10.9 Å². The van der Waals surface area contributed by atoms with Gasteiger partial charge >= 0.3 is 5.69 Å². The number of amidine groups is 1. The van der Waals surface area contributed by atoms with Gasteiger partial charge in [-0.15, -0.1) is 5.10 Å². The highest BCUT2D eigenvalue weighted by molar-refractivity contribution is 8.13. The first-order valence-corrected chi connectivity index (χ1v) is 9.51. The van der Waals surface area contributed by atoms with Crippen LogP contribution in [0, 0.1) is 10.1 Å². The van der Waals surface area contributed by atoms with Crippen LogP contribution in [-0.2, 0) is 12.5 Å². The summed E-state index contributed by atoms with van der Waals surface area (Å²) < 4.78 is 6.93. The molecule has 3 aromatic rings. The lowest BCUT2D eigenvalue weighted by atomic mass is 10.2. The minimum absolute atomic E-state index is 0.0513. The quantitative estimate of drug-likeness (QED) is 0.263. The van der Waals surface area contributed by atoms with Crippen molar-refractivity contribution in [3.05, 3.63) is 88.2 Å². The molecular weight excluding hydrogens is 392 g/mol. The summed E-state index contributed by atoms with van der Waals surface area (Å²) in [6.07, 6.45) is 4.04. The summed E-state index contributed by atoms with van der Waals surface area (Å²) in [6.45, 7) is 0.0513. The minimum atomic E-state index is -0.509. The molecule has 0 radical (unpaired) electrons. The predicted octanol–water partition coefficient (Wildman–Crippen LogP) is 3.41. The molecule has 0 aliphatic rings. The second-order valence-electron chi connectivity index (χ2n) is 5.80. The highest BCUT2D eigenvalue weighted by Gasteiger charge is 2.08. The maximum atomic E-state index is 10.7. The van der Waals surface area contributed by atoms with Crippen molar-refractivity contribution in [3.63, 3.8) is 0 Å². The van der Waals surface area contributed by atoms with E-state index in [1.807, 2.05) is 36.4 Å². The van der Waals surface area contributed by atoms with Crippen molar-refractivity contribution in [2.75, 3.05) is 0 Å². The molecule has 9 nitrogen and oxygen atoms in total. The van der Waals surface area contributed by atoms with Crippen molar-refractivity contribution < 1.29 is 9.66 Å². The third-order valence-electron chi connectivity index (χ3n) is 3.64. The average molecular weight is 410 g/mol. The van der Waals surface area contributed by atoms with Crippen molar-refractivity contribution in [1.82, 2.24) is 9.78 Å². The van der Waals surface area contributed by atoms with Crippen molar-refractivity contribution in [3.8, 4) is 5.75 Å². The van der Waals surface area contributed by atoms with Crippen LogP contribution >= 0.6 is 11.8 Å². The van der Waals surface area contributed by atoms with E-state index in [1.54, 1.807) is 24.4 Å². The van der Waals surface area contributed by atoms with Gasteiger partial charge < -0.3 is 10.5 Å². The van der Waals surface area contributed by atoms with Crippen molar-refractivity contribution in [1.29, 1.82) is 0 Å². The average Bonchev–Trinajstić information content (AvgIpc) is 3.21. The molecule has 0 unspecified atom stereocenters. The van der Waals surface area contributed by atoms with Crippen LogP contribution in [0.15, 0.2) is 77.2 Å².